The molecular formula is C27H32N2O3S. The number of hydrogen-bond donors (Lipinski definition) is 0. The maximum Gasteiger partial charge on any atom is 0.267 e. The van der Waals surface area contributed by atoms with Crippen LogP contribution in [0.1, 0.15) is 52.0 Å². The summed E-state index contributed by atoms with van der Waals surface area (Å²) in [5.41, 5.74) is 1.78. The maximum atomic E-state index is 13.6. The van der Waals surface area contributed by atoms with Gasteiger partial charge in [-0.25, -0.2) is 4.99 Å². The molecule has 1 aliphatic carbocycles. The molecule has 0 unspecified atom stereocenters. The molecular weight excluding hydrogens is 432 g/mol. The van der Waals surface area contributed by atoms with Crippen LogP contribution >= 0.6 is 11.8 Å². The van der Waals surface area contributed by atoms with Crippen LogP contribution in [0.25, 0.3) is 6.08 Å². The van der Waals surface area contributed by atoms with Gasteiger partial charge < -0.3 is 9.47 Å². The summed E-state index contributed by atoms with van der Waals surface area (Å²) in [4.78, 5) is 21.2. The Bertz CT molecular complexity index is 1030. The van der Waals surface area contributed by atoms with Crippen molar-refractivity contribution in [1.82, 2.24) is 4.90 Å². The standard InChI is InChI=1S/C27H32N2O3S/c1-4-31-23-16-15-20(17-24(23)32-5-2)18-25-26(30)29(22-14-10-9-11-19(22)3)27(33-25)28-21-12-7-6-8-13-21/h6-8,12-13,15-19,22H,4-5,9-11,14H2,1-3H3/b25-18-,28-27?/t19-,22+/m0/s1. The van der Waals surface area contributed by atoms with Crippen molar-refractivity contribution in [3.05, 3.63) is 59.0 Å². The van der Waals surface area contributed by atoms with E-state index in [1.807, 2.05) is 73.4 Å². The Kier molecular flexibility index (Phi) is 7.76. The first-order valence-electron chi connectivity index (χ1n) is 11.9. The van der Waals surface area contributed by atoms with E-state index < -0.39 is 0 Å². The highest BCUT2D eigenvalue weighted by molar-refractivity contribution is 8.18. The third-order valence-corrected chi connectivity index (χ3v) is 7.06. The van der Waals surface area contributed by atoms with Gasteiger partial charge >= 0.3 is 0 Å². The first kappa shape index (κ1) is 23.4. The van der Waals surface area contributed by atoms with Crippen LogP contribution in [0.4, 0.5) is 5.69 Å². The second kappa shape index (κ2) is 10.9. The molecule has 6 heteroatoms. The molecule has 0 spiro atoms. The summed E-state index contributed by atoms with van der Waals surface area (Å²) in [7, 11) is 0. The molecule has 2 aromatic rings. The summed E-state index contributed by atoms with van der Waals surface area (Å²) in [5.74, 6) is 1.91. The Labute approximate surface area is 200 Å². The summed E-state index contributed by atoms with van der Waals surface area (Å²) in [6, 6.07) is 15.9. The van der Waals surface area contributed by atoms with Crippen LogP contribution in [0.15, 0.2) is 58.4 Å². The lowest BCUT2D eigenvalue weighted by molar-refractivity contribution is -0.124. The number of benzene rings is 2. The van der Waals surface area contributed by atoms with Gasteiger partial charge in [0.05, 0.1) is 23.8 Å². The van der Waals surface area contributed by atoms with E-state index in [2.05, 4.69) is 6.92 Å². The van der Waals surface area contributed by atoms with E-state index in [-0.39, 0.29) is 11.9 Å². The highest BCUT2D eigenvalue weighted by Gasteiger charge is 2.41. The molecule has 0 aromatic heterocycles. The molecule has 0 radical (unpaired) electrons. The third-order valence-electron chi connectivity index (χ3n) is 6.08. The number of aliphatic imine (C=N–C) groups is 1. The smallest absolute Gasteiger partial charge is 0.267 e. The van der Waals surface area contributed by atoms with Gasteiger partial charge in [0.2, 0.25) is 0 Å². The number of thioether (sulfide) groups is 1. The molecule has 1 saturated carbocycles. The minimum atomic E-state index is 0.0419. The molecule has 2 atom stereocenters. The van der Waals surface area contributed by atoms with Crippen molar-refractivity contribution in [1.29, 1.82) is 0 Å². The number of amidine groups is 1. The van der Waals surface area contributed by atoms with Gasteiger partial charge in [-0.15, -0.1) is 0 Å². The van der Waals surface area contributed by atoms with Crippen LogP contribution in [-0.4, -0.2) is 35.2 Å². The second-order valence-electron chi connectivity index (χ2n) is 8.42. The van der Waals surface area contributed by atoms with Gasteiger partial charge in [-0.3, -0.25) is 9.69 Å². The first-order chi connectivity index (χ1) is 16.1. The largest absolute Gasteiger partial charge is 0.490 e. The van der Waals surface area contributed by atoms with E-state index in [1.165, 1.54) is 18.2 Å². The number of ether oxygens (including phenoxy) is 2. The van der Waals surface area contributed by atoms with Gasteiger partial charge in [-0.1, -0.05) is 44.0 Å². The van der Waals surface area contributed by atoms with E-state index in [9.17, 15) is 4.79 Å². The predicted octanol–water partition coefficient (Wildman–Crippen LogP) is 6.67. The zero-order valence-electron chi connectivity index (χ0n) is 19.6. The van der Waals surface area contributed by atoms with Crippen LogP contribution in [0.2, 0.25) is 0 Å². The normalized spacial score (nSPS) is 23.4. The molecule has 174 valence electrons. The average Bonchev–Trinajstić information content (AvgIpc) is 3.11. The number of para-hydroxylation sites is 1. The van der Waals surface area contributed by atoms with E-state index >= 15 is 0 Å². The zero-order chi connectivity index (χ0) is 23.2. The third kappa shape index (κ3) is 5.44. The van der Waals surface area contributed by atoms with Crippen molar-refractivity contribution in [3.63, 3.8) is 0 Å². The van der Waals surface area contributed by atoms with Crippen molar-refractivity contribution < 1.29 is 14.3 Å². The lowest BCUT2D eigenvalue weighted by Gasteiger charge is -2.35. The Hall–Kier alpha value is -2.73. The number of rotatable bonds is 7. The fourth-order valence-corrected chi connectivity index (χ4v) is 5.50. The van der Waals surface area contributed by atoms with Crippen LogP contribution in [0.3, 0.4) is 0 Å². The molecule has 33 heavy (non-hydrogen) atoms. The van der Waals surface area contributed by atoms with E-state index in [4.69, 9.17) is 14.5 Å². The topological polar surface area (TPSA) is 51.1 Å². The molecule has 2 fully saturated rings. The summed E-state index contributed by atoms with van der Waals surface area (Å²) < 4.78 is 11.5. The summed E-state index contributed by atoms with van der Waals surface area (Å²) in [6.45, 7) is 7.28. The predicted molar refractivity (Wildman–Crippen MR) is 136 cm³/mol. The van der Waals surface area contributed by atoms with Crippen molar-refractivity contribution in [2.45, 2.75) is 52.5 Å². The molecule has 1 heterocycles. The van der Waals surface area contributed by atoms with E-state index in [0.29, 0.717) is 29.8 Å². The van der Waals surface area contributed by atoms with Gasteiger partial charge in [-0.2, -0.15) is 0 Å². The SMILES string of the molecule is CCOc1ccc(/C=C2\SC(=Nc3ccccc3)N([C@@H]3CCCC[C@@H]3C)C2=O)cc1OCC. The van der Waals surface area contributed by atoms with Gasteiger partial charge in [0.15, 0.2) is 16.7 Å². The minimum Gasteiger partial charge on any atom is -0.490 e. The summed E-state index contributed by atoms with van der Waals surface area (Å²) >= 11 is 1.46. The molecule has 4 rings (SSSR count). The monoisotopic (exact) mass is 464 g/mol. The fourth-order valence-electron chi connectivity index (χ4n) is 4.46. The van der Waals surface area contributed by atoms with Gasteiger partial charge in [0, 0.05) is 6.04 Å². The Morgan fingerprint density at radius 2 is 1.76 bits per heavy atom. The van der Waals surface area contributed by atoms with Crippen molar-refractivity contribution in [2.24, 2.45) is 10.9 Å². The second-order valence-corrected chi connectivity index (χ2v) is 9.43. The molecule has 0 bridgehead atoms. The van der Waals surface area contributed by atoms with Crippen LogP contribution in [0.5, 0.6) is 11.5 Å². The molecule has 1 saturated heterocycles. The Morgan fingerprint density at radius 3 is 2.48 bits per heavy atom. The molecule has 1 amide bonds. The molecule has 0 N–H and O–H groups in total. The average molecular weight is 465 g/mol. The minimum absolute atomic E-state index is 0.0419. The zero-order valence-corrected chi connectivity index (χ0v) is 20.4. The van der Waals surface area contributed by atoms with Gasteiger partial charge in [-0.05, 0) is 80.3 Å². The maximum absolute atomic E-state index is 13.6. The van der Waals surface area contributed by atoms with E-state index in [0.717, 1.165) is 41.4 Å². The highest BCUT2D eigenvalue weighted by atomic mass is 32.2. The summed E-state index contributed by atoms with van der Waals surface area (Å²) in [6.07, 6.45) is 6.49. The number of hydrogen-bond acceptors (Lipinski definition) is 5. The number of carbonyl (C=O) groups is 1. The van der Waals surface area contributed by atoms with E-state index in [1.54, 1.807) is 0 Å². The Morgan fingerprint density at radius 1 is 1.03 bits per heavy atom. The van der Waals surface area contributed by atoms with Gasteiger partial charge in [0.1, 0.15) is 0 Å². The molecule has 1 aliphatic heterocycles. The fraction of sp³-hybridized carbons (Fsp3) is 0.407. The quantitative estimate of drug-likeness (QED) is 0.430. The van der Waals surface area contributed by atoms with Crippen LogP contribution < -0.4 is 9.47 Å². The Balaban J connectivity index is 1.69. The van der Waals surface area contributed by atoms with Gasteiger partial charge in [0.25, 0.3) is 5.91 Å². The molecule has 2 aliphatic rings. The van der Waals surface area contributed by atoms with Crippen molar-refractivity contribution in [3.8, 4) is 11.5 Å². The van der Waals surface area contributed by atoms with Crippen molar-refractivity contribution >= 4 is 34.6 Å². The summed E-state index contributed by atoms with van der Waals surface area (Å²) in [5, 5.41) is 0.771. The number of amides is 1. The molecule has 2 aromatic carbocycles. The highest BCUT2D eigenvalue weighted by Crippen LogP contribution is 2.40. The van der Waals surface area contributed by atoms with Crippen LogP contribution in [-0.2, 0) is 4.79 Å². The molecule has 5 nitrogen and oxygen atoms in total. The van der Waals surface area contributed by atoms with Crippen LogP contribution in [0, 0.1) is 5.92 Å². The van der Waals surface area contributed by atoms with Crippen molar-refractivity contribution in [2.75, 3.05) is 13.2 Å². The number of carbonyl (C=O) groups excluding carboxylic acids is 1. The number of nitrogens with zero attached hydrogens (tertiary/aromatic N) is 2. The lowest BCUT2D eigenvalue weighted by Crippen LogP contribution is -2.44. The first-order valence-corrected chi connectivity index (χ1v) is 12.7. The lowest BCUT2D eigenvalue weighted by atomic mass is 9.85.